The second-order valence-corrected chi connectivity index (χ2v) is 5.55. The number of carbonyl (C=O) groups excluding carboxylic acids is 1. The molecule has 0 radical (unpaired) electrons. The fourth-order valence-corrected chi connectivity index (χ4v) is 2.75. The van der Waals surface area contributed by atoms with Crippen molar-refractivity contribution in [1.82, 2.24) is 9.80 Å². The van der Waals surface area contributed by atoms with Crippen LogP contribution in [0.15, 0.2) is 60.7 Å². The fraction of sp³-hybridized carbons (Fsp3) is 0.222. The Morgan fingerprint density at radius 1 is 0.750 bits per heavy atom. The number of benzene rings is 2. The molecule has 6 nitrogen and oxygen atoms in total. The van der Waals surface area contributed by atoms with E-state index in [4.69, 9.17) is 5.11 Å². The summed E-state index contributed by atoms with van der Waals surface area (Å²) in [5.74, 6) is 0. The number of amides is 3. The highest BCUT2D eigenvalue weighted by Crippen LogP contribution is 2.26. The second kappa shape index (κ2) is 7.04. The summed E-state index contributed by atoms with van der Waals surface area (Å²) in [6.45, 7) is 1.44. The average Bonchev–Trinajstić information content (AvgIpc) is 2.64. The Morgan fingerprint density at radius 2 is 1.17 bits per heavy atom. The molecule has 3 rings (SSSR count). The molecular weight excluding hydrogens is 306 g/mol. The van der Waals surface area contributed by atoms with E-state index in [-0.39, 0.29) is 6.03 Å². The highest BCUT2D eigenvalue weighted by Gasteiger charge is 2.28. The predicted octanol–water partition coefficient (Wildman–Crippen LogP) is 3.24. The average molecular weight is 325 g/mol. The fourth-order valence-electron chi connectivity index (χ4n) is 2.75. The summed E-state index contributed by atoms with van der Waals surface area (Å²) < 4.78 is 0. The molecule has 2 aromatic rings. The number of hydrogen-bond donors (Lipinski definition) is 1. The summed E-state index contributed by atoms with van der Waals surface area (Å²) in [5, 5.41) is 9.04. The van der Waals surface area contributed by atoms with Gasteiger partial charge in [0.05, 0.1) is 11.4 Å². The number of nitrogens with zero attached hydrogens (tertiary/aromatic N) is 3. The quantitative estimate of drug-likeness (QED) is 0.922. The Kier molecular flexibility index (Phi) is 4.65. The van der Waals surface area contributed by atoms with Crippen molar-refractivity contribution in [3.8, 4) is 0 Å². The molecule has 124 valence electrons. The smallest absolute Gasteiger partial charge is 0.407 e. The third-order valence-corrected chi connectivity index (χ3v) is 4.04. The van der Waals surface area contributed by atoms with Gasteiger partial charge in [0.2, 0.25) is 0 Å². The lowest BCUT2D eigenvalue weighted by atomic mass is 10.2. The van der Waals surface area contributed by atoms with Crippen LogP contribution in [-0.4, -0.2) is 53.2 Å². The lowest BCUT2D eigenvalue weighted by Gasteiger charge is -2.36. The van der Waals surface area contributed by atoms with Gasteiger partial charge in [0, 0.05) is 26.2 Å². The minimum Gasteiger partial charge on any atom is -0.465 e. The van der Waals surface area contributed by atoms with E-state index in [9.17, 15) is 9.59 Å². The highest BCUT2D eigenvalue weighted by molar-refractivity contribution is 5.99. The van der Waals surface area contributed by atoms with Gasteiger partial charge in [-0.15, -0.1) is 0 Å². The molecule has 0 aromatic heterocycles. The first-order valence-electron chi connectivity index (χ1n) is 7.84. The minimum absolute atomic E-state index is 0.141. The number of piperazine rings is 1. The van der Waals surface area contributed by atoms with Crippen LogP contribution in [0.4, 0.5) is 21.0 Å². The summed E-state index contributed by atoms with van der Waals surface area (Å²) in [4.78, 5) is 28.8. The molecule has 1 heterocycles. The molecule has 1 aliphatic heterocycles. The molecule has 0 aliphatic carbocycles. The van der Waals surface area contributed by atoms with Crippen molar-refractivity contribution in [2.24, 2.45) is 0 Å². The molecule has 0 bridgehead atoms. The zero-order valence-corrected chi connectivity index (χ0v) is 13.2. The zero-order valence-electron chi connectivity index (χ0n) is 13.2. The Labute approximate surface area is 140 Å². The van der Waals surface area contributed by atoms with Crippen molar-refractivity contribution in [1.29, 1.82) is 0 Å². The molecule has 0 spiro atoms. The lowest BCUT2D eigenvalue weighted by molar-refractivity contribution is 0.114. The van der Waals surface area contributed by atoms with Gasteiger partial charge in [0.25, 0.3) is 0 Å². The van der Waals surface area contributed by atoms with Crippen LogP contribution in [0, 0.1) is 0 Å². The first kappa shape index (κ1) is 15.9. The lowest BCUT2D eigenvalue weighted by Crippen LogP contribution is -2.53. The third kappa shape index (κ3) is 3.32. The molecule has 1 aliphatic rings. The van der Waals surface area contributed by atoms with Crippen LogP contribution in [0.2, 0.25) is 0 Å². The second-order valence-electron chi connectivity index (χ2n) is 5.55. The summed E-state index contributed by atoms with van der Waals surface area (Å²) in [6.07, 6.45) is -0.940. The van der Waals surface area contributed by atoms with Crippen molar-refractivity contribution in [3.05, 3.63) is 60.7 Å². The standard InChI is InChI=1S/C18H19N3O3/c22-17(19-11-13-20(14-12-19)18(23)24)21(15-7-3-1-4-8-15)16-9-5-2-6-10-16/h1-10H,11-14H2,(H,23,24). The van der Waals surface area contributed by atoms with Crippen LogP contribution in [-0.2, 0) is 0 Å². The molecule has 1 fully saturated rings. The maximum atomic E-state index is 13.1. The van der Waals surface area contributed by atoms with E-state index in [2.05, 4.69) is 0 Å². The normalized spacial score (nSPS) is 14.3. The largest absolute Gasteiger partial charge is 0.465 e. The molecule has 0 atom stereocenters. The molecule has 24 heavy (non-hydrogen) atoms. The molecule has 3 amide bonds. The monoisotopic (exact) mass is 325 g/mol. The van der Waals surface area contributed by atoms with Gasteiger partial charge in [0.15, 0.2) is 0 Å². The van der Waals surface area contributed by atoms with Crippen LogP contribution in [0.3, 0.4) is 0 Å². The van der Waals surface area contributed by atoms with Crippen LogP contribution in [0.1, 0.15) is 0 Å². The van der Waals surface area contributed by atoms with Crippen molar-refractivity contribution < 1.29 is 14.7 Å². The van der Waals surface area contributed by atoms with Crippen LogP contribution < -0.4 is 4.90 Å². The topological polar surface area (TPSA) is 64.1 Å². The maximum absolute atomic E-state index is 13.1. The third-order valence-electron chi connectivity index (χ3n) is 4.04. The molecular formula is C18H19N3O3. The maximum Gasteiger partial charge on any atom is 0.407 e. The van der Waals surface area contributed by atoms with E-state index >= 15 is 0 Å². The molecule has 0 saturated carbocycles. The number of hydrogen-bond acceptors (Lipinski definition) is 2. The van der Waals surface area contributed by atoms with Crippen LogP contribution in [0.5, 0.6) is 0 Å². The van der Waals surface area contributed by atoms with E-state index in [0.29, 0.717) is 26.2 Å². The van der Waals surface area contributed by atoms with E-state index in [1.165, 1.54) is 4.90 Å². The SMILES string of the molecule is O=C(O)N1CCN(C(=O)N(c2ccccc2)c2ccccc2)CC1. The molecule has 6 heteroatoms. The van der Waals surface area contributed by atoms with Gasteiger partial charge in [-0.1, -0.05) is 36.4 Å². The van der Waals surface area contributed by atoms with E-state index in [1.54, 1.807) is 9.80 Å². The first-order valence-corrected chi connectivity index (χ1v) is 7.84. The van der Waals surface area contributed by atoms with E-state index in [1.807, 2.05) is 60.7 Å². The number of rotatable bonds is 2. The van der Waals surface area contributed by atoms with Crippen molar-refractivity contribution in [2.45, 2.75) is 0 Å². The Balaban J connectivity index is 1.84. The van der Waals surface area contributed by atoms with E-state index in [0.717, 1.165) is 11.4 Å². The van der Waals surface area contributed by atoms with Gasteiger partial charge in [0.1, 0.15) is 0 Å². The van der Waals surface area contributed by atoms with Gasteiger partial charge in [-0.05, 0) is 24.3 Å². The zero-order chi connectivity index (χ0) is 16.9. The molecule has 2 aromatic carbocycles. The molecule has 0 unspecified atom stereocenters. The van der Waals surface area contributed by atoms with Crippen LogP contribution >= 0.6 is 0 Å². The van der Waals surface area contributed by atoms with Crippen molar-refractivity contribution >= 4 is 23.5 Å². The van der Waals surface area contributed by atoms with Gasteiger partial charge >= 0.3 is 12.1 Å². The number of urea groups is 1. The van der Waals surface area contributed by atoms with Gasteiger partial charge in [-0.3, -0.25) is 4.90 Å². The van der Waals surface area contributed by atoms with Crippen molar-refractivity contribution in [3.63, 3.8) is 0 Å². The highest BCUT2D eigenvalue weighted by atomic mass is 16.4. The number of para-hydroxylation sites is 2. The molecule has 1 saturated heterocycles. The van der Waals surface area contributed by atoms with Crippen molar-refractivity contribution in [2.75, 3.05) is 31.1 Å². The Hall–Kier alpha value is -3.02. The number of carboxylic acid groups (broad SMARTS) is 1. The summed E-state index contributed by atoms with van der Waals surface area (Å²) in [7, 11) is 0. The van der Waals surface area contributed by atoms with Gasteiger partial charge in [-0.25, -0.2) is 9.59 Å². The molecule has 1 N–H and O–H groups in total. The van der Waals surface area contributed by atoms with E-state index < -0.39 is 6.09 Å². The Bertz CT molecular complexity index is 658. The Morgan fingerprint density at radius 3 is 1.58 bits per heavy atom. The number of carbonyl (C=O) groups is 2. The van der Waals surface area contributed by atoms with Crippen LogP contribution in [0.25, 0.3) is 0 Å². The first-order chi connectivity index (χ1) is 11.7. The van der Waals surface area contributed by atoms with Gasteiger partial charge in [-0.2, -0.15) is 0 Å². The summed E-state index contributed by atoms with van der Waals surface area (Å²) in [5.41, 5.74) is 1.57. The predicted molar refractivity (Wildman–Crippen MR) is 91.6 cm³/mol. The summed E-state index contributed by atoms with van der Waals surface area (Å²) in [6, 6.07) is 18.8. The number of anilines is 2. The minimum atomic E-state index is -0.940. The summed E-state index contributed by atoms with van der Waals surface area (Å²) >= 11 is 0. The van der Waals surface area contributed by atoms with Gasteiger partial charge < -0.3 is 14.9 Å².